The average Bonchev–Trinajstić information content (AvgIpc) is 2.35. The van der Waals surface area contributed by atoms with Gasteiger partial charge in [0.25, 0.3) is 0 Å². The Bertz CT molecular complexity index is 663. The molecule has 0 saturated heterocycles. The normalized spacial score (nSPS) is 11.6. The number of esters is 1. The SMILES string of the molecule is CC(C)(C)OC(=O)Oc1c(CC(=O)O)cccc1C(=O)OC(C)(C)C. The van der Waals surface area contributed by atoms with E-state index in [1.807, 2.05) is 0 Å². The Hall–Kier alpha value is -2.57. The minimum absolute atomic E-state index is 0.0421. The highest BCUT2D eigenvalue weighted by Gasteiger charge is 2.26. The predicted octanol–water partition coefficient (Wildman–Crippen LogP) is 3.58. The molecule has 0 saturated carbocycles. The largest absolute Gasteiger partial charge is 0.514 e. The molecule has 0 atom stereocenters. The van der Waals surface area contributed by atoms with Crippen molar-refractivity contribution in [3.63, 3.8) is 0 Å². The van der Waals surface area contributed by atoms with Crippen LogP contribution in [-0.4, -0.2) is 34.4 Å². The number of ether oxygens (including phenoxy) is 3. The summed E-state index contributed by atoms with van der Waals surface area (Å²) in [6.45, 7) is 10.1. The summed E-state index contributed by atoms with van der Waals surface area (Å²) in [5.41, 5.74) is -1.44. The van der Waals surface area contributed by atoms with E-state index in [-0.39, 0.29) is 16.9 Å². The number of para-hydroxylation sites is 1. The lowest BCUT2D eigenvalue weighted by atomic mass is 10.1. The Kier molecular flexibility index (Phi) is 6.18. The zero-order valence-corrected chi connectivity index (χ0v) is 15.3. The number of hydrogen-bond acceptors (Lipinski definition) is 6. The highest BCUT2D eigenvalue weighted by atomic mass is 16.7. The van der Waals surface area contributed by atoms with Gasteiger partial charge in [-0.25, -0.2) is 9.59 Å². The molecule has 0 heterocycles. The molecule has 0 aromatic heterocycles. The third-order valence-electron chi connectivity index (χ3n) is 2.63. The van der Waals surface area contributed by atoms with Gasteiger partial charge < -0.3 is 19.3 Å². The van der Waals surface area contributed by atoms with Crippen LogP contribution < -0.4 is 4.74 Å². The van der Waals surface area contributed by atoms with Crippen molar-refractivity contribution in [1.29, 1.82) is 0 Å². The van der Waals surface area contributed by atoms with Gasteiger partial charge >= 0.3 is 18.1 Å². The molecule has 7 nitrogen and oxygen atoms in total. The molecule has 1 rings (SSSR count). The molecule has 0 spiro atoms. The summed E-state index contributed by atoms with van der Waals surface area (Å²) in [5, 5.41) is 9.04. The van der Waals surface area contributed by atoms with Crippen LogP contribution in [0.2, 0.25) is 0 Å². The third-order valence-corrected chi connectivity index (χ3v) is 2.63. The minimum atomic E-state index is -1.13. The third kappa shape index (κ3) is 7.24. The maximum atomic E-state index is 12.4. The van der Waals surface area contributed by atoms with Crippen molar-refractivity contribution in [3.05, 3.63) is 29.3 Å². The molecule has 7 heteroatoms. The molecular formula is C18H24O7. The molecule has 0 unspecified atom stereocenters. The summed E-state index contributed by atoms with van der Waals surface area (Å²) in [6, 6.07) is 4.36. The van der Waals surface area contributed by atoms with Crippen LogP contribution >= 0.6 is 0 Å². The van der Waals surface area contributed by atoms with Crippen molar-refractivity contribution in [1.82, 2.24) is 0 Å². The van der Waals surface area contributed by atoms with Gasteiger partial charge in [0, 0.05) is 5.56 Å². The van der Waals surface area contributed by atoms with Gasteiger partial charge in [0.1, 0.15) is 16.8 Å². The quantitative estimate of drug-likeness (QED) is 0.653. The molecule has 0 amide bonds. The Labute approximate surface area is 146 Å². The number of carboxylic acids is 1. The molecule has 1 aromatic rings. The van der Waals surface area contributed by atoms with Crippen molar-refractivity contribution >= 4 is 18.1 Å². The summed E-state index contributed by atoms with van der Waals surface area (Å²) in [4.78, 5) is 35.4. The van der Waals surface area contributed by atoms with Gasteiger partial charge in [0.15, 0.2) is 5.75 Å². The molecule has 1 N–H and O–H groups in total. The van der Waals surface area contributed by atoms with Gasteiger partial charge in [-0.1, -0.05) is 12.1 Å². The second kappa shape index (κ2) is 7.55. The first-order chi connectivity index (χ1) is 11.3. The molecule has 0 radical (unpaired) electrons. The monoisotopic (exact) mass is 352 g/mol. The van der Waals surface area contributed by atoms with E-state index in [9.17, 15) is 14.4 Å². The summed E-state index contributed by atoms with van der Waals surface area (Å²) in [5.74, 6) is -2.03. The van der Waals surface area contributed by atoms with Crippen LogP contribution in [0.15, 0.2) is 18.2 Å². The van der Waals surface area contributed by atoms with E-state index in [1.54, 1.807) is 41.5 Å². The van der Waals surface area contributed by atoms with Crippen molar-refractivity contribution in [2.45, 2.75) is 59.2 Å². The first kappa shape index (κ1) is 20.5. The highest BCUT2D eigenvalue weighted by molar-refractivity contribution is 5.94. The molecule has 25 heavy (non-hydrogen) atoms. The Balaban J connectivity index is 3.25. The molecule has 0 aliphatic rings. The van der Waals surface area contributed by atoms with E-state index < -0.39 is 35.7 Å². The lowest BCUT2D eigenvalue weighted by molar-refractivity contribution is -0.136. The number of aliphatic carboxylic acids is 1. The van der Waals surface area contributed by atoms with Crippen molar-refractivity contribution in [2.75, 3.05) is 0 Å². The maximum absolute atomic E-state index is 12.4. The second-order valence-electron chi connectivity index (χ2n) is 7.43. The number of rotatable bonds is 4. The number of hydrogen-bond donors (Lipinski definition) is 1. The van der Waals surface area contributed by atoms with E-state index in [2.05, 4.69) is 0 Å². The van der Waals surface area contributed by atoms with E-state index >= 15 is 0 Å². The number of carboxylic acid groups (broad SMARTS) is 1. The Morgan fingerprint density at radius 3 is 2.00 bits per heavy atom. The van der Waals surface area contributed by atoms with Crippen LogP contribution in [0.3, 0.4) is 0 Å². The van der Waals surface area contributed by atoms with Crippen LogP contribution in [0.1, 0.15) is 57.5 Å². The zero-order chi connectivity index (χ0) is 19.4. The standard InChI is InChI=1S/C18H24O7/c1-17(2,3)24-15(21)12-9-7-8-11(10-13(19)20)14(12)23-16(22)25-18(4,5)6/h7-9H,10H2,1-6H3,(H,19,20). The number of benzene rings is 1. The lowest BCUT2D eigenvalue weighted by Gasteiger charge is -2.22. The van der Waals surface area contributed by atoms with Gasteiger partial charge in [0.05, 0.1) is 6.42 Å². The van der Waals surface area contributed by atoms with Crippen molar-refractivity contribution in [2.24, 2.45) is 0 Å². The van der Waals surface area contributed by atoms with Crippen LogP contribution in [0, 0.1) is 0 Å². The van der Waals surface area contributed by atoms with E-state index in [4.69, 9.17) is 19.3 Å². The van der Waals surface area contributed by atoms with Gasteiger partial charge in [-0.3, -0.25) is 4.79 Å². The van der Waals surface area contributed by atoms with Gasteiger partial charge in [0.2, 0.25) is 0 Å². The number of carbonyl (C=O) groups is 3. The second-order valence-corrected chi connectivity index (χ2v) is 7.43. The maximum Gasteiger partial charge on any atom is 0.514 e. The first-order valence-electron chi connectivity index (χ1n) is 7.76. The van der Waals surface area contributed by atoms with Gasteiger partial charge in [-0.15, -0.1) is 0 Å². The Morgan fingerprint density at radius 2 is 1.52 bits per heavy atom. The first-order valence-corrected chi connectivity index (χ1v) is 7.76. The average molecular weight is 352 g/mol. The smallest absolute Gasteiger partial charge is 0.481 e. The molecule has 0 bridgehead atoms. The Morgan fingerprint density at radius 1 is 0.960 bits per heavy atom. The van der Waals surface area contributed by atoms with Crippen LogP contribution in [0.4, 0.5) is 4.79 Å². The fourth-order valence-electron chi connectivity index (χ4n) is 1.86. The van der Waals surface area contributed by atoms with Crippen LogP contribution in [0.5, 0.6) is 5.75 Å². The fraction of sp³-hybridized carbons (Fsp3) is 0.500. The summed E-state index contributed by atoms with van der Waals surface area (Å²) >= 11 is 0. The molecule has 138 valence electrons. The van der Waals surface area contributed by atoms with Crippen molar-refractivity contribution < 1.29 is 33.7 Å². The van der Waals surface area contributed by atoms with E-state index in [0.29, 0.717) is 0 Å². The summed E-state index contributed by atoms with van der Waals surface area (Å²) in [6.07, 6.45) is -1.45. The highest BCUT2D eigenvalue weighted by Crippen LogP contribution is 2.28. The van der Waals surface area contributed by atoms with Crippen molar-refractivity contribution in [3.8, 4) is 5.75 Å². The molecule has 0 fully saturated rings. The van der Waals surface area contributed by atoms with E-state index in [1.165, 1.54) is 18.2 Å². The van der Waals surface area contributed by atoms with Crippen LogP contribution in [-0.2, 0) is 20.7 Å². The van der Waals surface area contributed by atoms with Gasteiger partial charge in [-0.05, 0) is 47.6 Å². The van der Waals surface area contributed by atoms with Gasteiger partial charge in [-0.2, -0.15) is 0 Å². The predicted molar refractivity (Wildman–Crippen MR) is 89.8 cm³/mol. The summed E-state index contributed by atoms with van der Waals surface area (Å²) in [7, 11) is 0. The molecular weight excluding hydrogens is 328 g/mol. The number of carbonyl (C=O) groups excluding carboxylic acids is 2. The van der Waals surface area contributed by atoms with E-state index in [0.717, 1.165) is 0 Å². The molecule has 0 aliphatic carbocycles. The molecule has 1 aromatic carbocycles. The minimum Gasteiger partial charge on any atom is -0.481 e. The zero-order valence-electron chi connectivity index (χ0n) is 15.3. The molecule has 0 aliphatic heterocycles. The lowest BCUT2D eigenvalue weighted by Crippen LogP contribution is -2.28. The fourth-order valence-corrected chi connectivity index (χ4v) is 1.86. The van der Waals surface area contributed by atoms with Crippen LogP contribution in [0.25, 0.3) is 0 Å². The summed E-state index contributed by atoms with van der Waals surface area (Å²) < 4.78 is 15.5. The topological polar surface area (TPSA) is 99.1 Å².